The van der Waals surface area contributed by atoms with Gasteiger partial charge in [-0.1, -0.05) is 18.6 Å². The van der Waals surface area contributed by atoms with E-state index in [1.165, 1.54) is 16.2 Å². The molecule has 2 heterocycles. The number of fused-ring (bicyclic) bond motifs is 1. The minimum absolute atomic E-state index is 0.154. The van der Waals surface area contributed by atoms with E-state index in [2.05, 4.69) is 11.4 Å². The molecule has 166 valence electrons. The van der Waals surface area contributed by atoms with E-state index in [9.17, 15) is 19.6 Å². The third-order valence-corrected chi connectivity index (χ3v) is 7.06. The van der Waals surface area contributed by atoms with Crippen LogP contribution in [0.1, 0.15) is 64.0 Å². The maximum Gasteiger partial charge on any atom is 0.338 e. The second-order valence-corrected chi connectivity index (χ2v) is 9.23. The third-order valence-electron chi connectivity index (χ3n) is 5.85. The number of rotatable bonds is 6. The zero-order chi connectivity index (χ0) is 22.5. The number of ether oxygens (including phenoxy) is 1. The quantitative estimate of drug-likeness (QED) is 0.532. The van der Waals surface area contributed by atoms with Crippen LogP contribution in [0.3, 0.4) is 0 Å². The lowest BCUT2D eigenvalue weighted by Gasteiger charge is -2.15. The first kappa shape index (κ1) is 22.0. The number of benzene rings is 1. The van der Waals surface area contributed by atoms with Crippen LogP contribution < -0.4 is 5.32 Å². The number of esters is 1. The molecule has 1 N–H and O–H groups in total. The number of aryl methyl sites for hydroxylation is 1. The molecule has 4 rings (SSSR count). The first-order valence-corrected chi connectivity index (χ1v) is 11.7. The van der Waals surface area contributed by atoms with Gasteiger partial charge in [0.25, 0.3) is 5.91 Å². The highest BCUT2D eigenvalue weighted by molar-refractivity contribution is 7.16. The number of hydrogen-bond acceptors (Lipinski definition) is 6. The van der Waals surface area contributed by atoms with Crippen LogP contribution in [0.25, 0.3) is 0 Å². The molecule has 0 bridgehead atoms. The van der Waals surface area contributed by atoms with Gasteiger partial charge in [-0.05, 0) is 55.4 Å². The molecule has 1 aromatic carbocycles. The highest BCUT2D eigenvalue weighted by atomic mass is 32.1. The van der Waals surface area contributed by atoms with Crippen molar-refractivity contribution in [1.29, 1.82) is 5.26 Å². The molecule has 1 fully saturated rings. The number of nitriles is 1. The summed E-state index contributed by atoms with van der Waals surface area (Å²) in [6.45, 7) is 0.872. The zero-order valence-electron chi connectivity index (χ0n) is 17.8. The van der Waals surface area contributed by atoms with Gasteiger partial charge in [0.2, 0.25) is 5.91 Å². The summed E-state index contributed by atoms with van der Waals surface area (Å²) >= 11 is 1.45. The Morgan fingerprint density at radius 2 is 1.88 bits per heavy atom. The molecule has 2 aromatic rings. The van der Waals surface area contributed by atoms with Gasteiger partial charge in [0, 0.05) is 24.4 Å². The Bertz CT molecular complexity index is 1070. The lowest BCUT2D eigenvalue weighted by molar-refractivity contribution is -0.128. The zero-order valence-corrected chi connectivity index (χ0v) is 18.6. The number of thiophene rings is 1. The maximum atomic E-state index is 12.3. The second-order valence-electron chi connectivity index (χ2n) is 8.12. The van der Waals surface area contributed by atoms with Crippen LogP contribution in [-0.4, -0.2) is 35.8 Å². The fraction of sp³-hybridized carbons (Fsp3) is 0.417. The summed E-state index contributed by atoms with van der Waals surface area (Å²) in [4.78, 5) is 39.4. The number of carbonyl (C=O) groups excluding carboxylic acids is 3. The molecule has 0 radical (unpaired) electrons. The molecule has 8 heteroatoms. The molecule has 32 heavy (non-hydrogen) atoms. The van der Waals surface area contributed by atoms with E-state index in [0.29, 0.717) is 29.1 Å². The van der Waals surface area contributed by atoms with Gasteiger partial charge in [0.15, 0.2) is 6.61 Å². The van der Waals surface area contributed by atoms with Crippen LogP contribution in [0.15, 0.2) is 24.3 Å². The minimum Gasteiger partial charge on any atom is -0.452 e. The smallest absolute Gasteiger partial charge is 0.338 e. The normalized spacial score (nSPS) is 15.6. The van der Waals surface area contributed by atoms with Crippen LogP contribution >= 0.6 is 11.3 Å². The number of nitrogens with zero attached hydrogens (tertiary/aromatic N) is 2. The molecule has 0 atom stereocenters. The van der Waals surface area contributed by atoms with Crippen molar-refractivity contribution in [3.05, 3.63) is 51.4 Å². The lowest BCUT2D eigenvalue weighted by atomic mass is 10.1. The molecule has 7 nitrogen and oxygen atoms in total. The second kappa shape index (κ2) is 9.96. The monoisotopic (exact) mass is 451 g/mol. The molecular formula is C24H25N3O4S. The van der Waals surface area contributed by atoms with Gasteiger partial charge in [-0.15, -0.1) is 11.3 Å². The standard InChI is InChI=1S/C24H25N3O4S/c25-13-19-18-5-2-1-3-6-20(18)32-23(19)26-21(28)15-31-24(30)17-10-8-16(9-11-17)14-27-12-4-7-22(27)29/h8-11H,1-7,12,14-15H2,(H,26,28). The van der Waals surface area contributed by atoms with Crippen molar-refractivity contribution in [3.63, 3.8) is 0 Å². The molecule has 0 saturated carbocycles. The van der Waals surface area contributed by atoms with Crippen molar-refractivity contribution in [2.24, 2.45) is 0 Å². The molecule has 1 saturated heterocycles. The molecule has 0 spiro atoms. The van der Waals surface area contributed by atoms with E-state index in [1.54, 1.807) is 29.2 Å². The van der Waals surface area contributed by atoms with Crippen molar-refractivity contribution in [2.45, 2.75) is 51.5 Å². The molecule has 1 aliphatic heterocycles. The van der Waals surface area contributed by atoms with Crippen LogP contribution in [0.5, 0.6) is 0 Å². The molecular weight excluding hydrogens is 426 g/mol. The highest BCUT2D eigenvalue weighted by Gasteiger charge is 2.22. The van der Waals surface area contributed by atoms with E-state index in [4.69, 9.17) is 4.74 Å². The SMILES string of the molecule is N#Cc1c(NC(=O)COC(=O)c2ccc(CN3CCCC3=O)cc2)sc2c1CCCCC2. The number of amides is 2. The Kier molecular flexibility index (Phi) is 6.86. The number of nitrogens with one attached hydrogen (secondary N) is 1. The van der Waals surface area contributed by atoms with E-state index >= 15 is 0 Å². The predicted molar refractivity (Wildman–Crippen MR) is 120 cm³/mol. The van der Waals surface area contributed by atoms with Gasteiger partial charge in [-0.2, -0.15) is 5.26 Å². The van der Waals surface area contributed by atoms with Crippen molar-refractivity contribution < 1.29 is 19.1 Å². The average molecular weight is 452 g/mol. The van der Waals surface area contributed by atoms with Crippen LogP contribution in [0.4, 0.5) is 5.00 Å². The van der Waals surface area contributed by atoms with Crippen molar-refractivity contribution in [2.75, 3.05) is 18.5 Å². The van der Waals surface area contributed by atoms with Gasteiger partial charge >= 0.3 is 5.97 Å². The summed E-state index contributed by atoms with van der Waals surface area (Å²) < 4.78 is 5.15. The van der Waals surface area contributed by atoms with Gasteiger partial charge in [-0.25, -0.2) is 4.79 Å². The summed E-state index contributed by atoms with van der Waals surface area (Å²) in [6.07, 6.45) is 6.57. The summed E-state index contributed by atoms with van der Waals surface area (Å²) in [5.41, 5.74) is 2.88. The molecule has 0 unspecified atom stereocenters. The number of hydrogen-bond donors (Lipinski definition) is 1. The van der Waals surface area contributed by atoms with Gasteiger partial charge in [0.05, 0.1) is 11.1 Å². The van der Waals surface area contributed by atoms with Gasteiger partial charge in [-0.3, -0.25) is 9.59 Å². The van der Waals surface area contributed by atoms with E-state index in [1.807, 2.05) is 0 Å². The first-order valence-electron chi connectivity index (χ1n) is 10.9. The van der Waals surface area contributed by atoms with Crippen LogP contribution in [0.2, 0.25) is 0 Å². The largest absolute Gasteiger partial charge is 0.452 e. The molecule has 2 amide bonds. The summed E-state index contributed by atoms with van der Waals surface area (Å²) in [7, 11) is 0. The number of likely N-dealkylation sites (tertiary alicyclic amines) is 1. The summed E-state index contributed by atoms with van der Waals surface area (Å²) in [5.74, 6) is -0.900. The molecule has 2 aliphatic rings. The third kappa shape index (κ3) is 5.00. The van der Waals surface area contributed by atoms with Crippen LogP contribution in [0, 0.1) is 11.3 Å². The van der Waals surface area contributed by atoms with Gasteiger partial charge in [0.1, 0.15) is 11.1 Å². The maximum absolute atomic E-state index is 12.3. The highest BCUT2D eigenvalue weighted by Crippen LogP contribution is 2.36. The Morgan fingerprint density at radius 1 is 1.09 bits per heavy atom. The molecule has 1 aliphatic carbocycles. The Labute approximate surface area is 191 Å². The molecule has 1 aromatic heterocycles. The number of carbonyl (C=O) groups is 3. The Balaban J connectivity index is 1.31. The number of anilines is 1. The summed E-state index contributed by atoms with van der Waals surface area (Å²) in [5, 5.41) is 12.8. The minimum atomic E-state index is -0.591. The lowest BCUT2D eigenvalue weighted by Crippen LogP contribution is -2.23. The van der Waals surface area contributed by atoms with Crippen molar-refractivity contribution in [1.82, 2.24) is 4.90 Å². The Hall–Kier alpha value is -3.18. The average Bonchev–Trinajstić information content (AvgIpc) is 3.25. The van der Waals surface area contributed by atoms with Gasteiger partial charge < -0.3 is 15.0 Å². The Morgan fingerprint density at radius 3 is 2.59 bits per heavy atom. The fourth-order valence-electron chi connectivity index (χ4n) is 4.16. The van der Waals surface area contributed by atoms with E-state index < -0.39 is 18.5 Å². The van der Waals surface area contributed by atoms with Crippen LogP contribution in [-0.2, 0) is 33.7 Å². The first-order chi connectivity index (χ1) is 15.5. The van der Waals surface area contributed by atoms with Crippen molar-refractivity contribution in [3.8, 4) is 6.07 Å². The van der Waals surface area contributed by atoms with E-state index in [-0.39, 0.29) is 5.91 Å². The van der Waals surface area contributed by atoms with E-state index in [0.717, 1.165) is 56.2 Å². The predicted octanol–water partition coefficient (Wildman–Crippen LogP) is 3.81. The fourth-order valence-corrected chi connectivity index (χ4v) is 5.42. The summed E-state index contributed by atoms with van der Waals surface area (Å²) in [6, 6.07) is 9.09. The van der Waals surface area contributed by atoms with Crippen molar-refractivity contribution >= 4 is 34.1 Å². The topological polar surface area (TPSA) is 99.5 Å².